The Labute approximate surface area is 195 Å². The SMILES string of the molecule is COC(=O)c1cccc(-c2ccc(/C=C3\C(=O)N(c4cccc(C(=O)O)c4)N=C3C(F)(F)F)o2)c1. The van der Waals surface area contributed by atoms with Crippen LogP contribution >= 0.6 is 0 Å². The number of benzene rings is 2. The monoisotopic (exact) mass is 484 g/mol. The summed E-state index contributed by atoms with van der Waals surface area (Å²) in [5.41, 5.74) is -1.87. The van der Waals surface area contributed by atoms with Gasteiger partial charge in [0.05, 0.1) is 29.5 Å². The molecule has 1 aliphatic rings. The smallest absolute Gasteiger partial charge is 0.435 e. The lowest BCUT2D eigenvalue weighted by Gasteiger charge is -2.11. The minimum atomic E-state index is -4.97. The van der Waals surface area contributed by atoms with Crippen molar-refractivity contribution in [2.45, 2.75) is 6.18 Å². The number of carboxylic acid groups (broad SMARTS) is 1. The van der Waals surface area contributed by atoms with Crippen LogP contribution in [0.3, 0.4) is 0 Å². The minimum Gasteiger partial charge on any atom is -0.478 e. The highest BCUT2D eigenvalue weighted by atomic mass is 19.4. The zero-order valence-corrected chi connectivity index (χ0v) is 17.9. The Bertz CT molecular complexity index is 1400. The Morgan fingerprint density at radius 2 is 1.77 bits per heavy atom. The number of esters is 1. The van der Waals surface area contributed by atoms with Crippen LogP contribution in [0.2, 0.25) is 0 Å². The largest absolute Gasteiger partial charge is 0.478 e. The quantitative estimate of drug-likeness (QED) is 0.412. The summed E-state index contributed by atoms with van der Waals surface area (Å²) in [5, 5.41) is 13.0. The molecule has 0 radical (unpaired) electrons. The van der Waals surface area contributed by atoms with Gasteiger partial charge in [0.25, 0.3) is 5.91 Å². The van der Waals surface area contributed by atoms with E-state index >= 15 is 0 Å². The molecule has 0 saturated heterocycles. The van der Waals surface area contributed by atoms with Crippen LogP contribution in [0.4, 0.5) is 18.9 Å². The Balaban J connectivity index is 1.70. The first-order chi connectivity index (χ1) is 16.6. The van der Waals surface area contributed by atoms with Crippen LogP contribution in [0.25, 0.3) is 17.4 Å². The second kappa shape index (κ2) is 8.93. The Morgan fingerprint density at radius 1 is 1.06 bits per heavy atom. The van der Waals surface area contributed by atoms with Gasteiger partial charge in [-0.25, -0.2) is 9.59 Å². The number of hydrogen-bond acceptors (Lipinski definition) is 6. The normalized spacial score (nSPS) is 14.9. The van der Waals surface area contributed by atoms with E-state index in [1.165, 1.54) is 49.6 Å². The maximum absolute atomic E-state index is 13.7. The van der Waals surface area contributed by atoms with Crippen molar-refractivity contribution in [3.63, 3.8) is 0 Å². The number of methoxy groups -OCH3 is 1. The number of hydrogen-bond donors (Lipinski definition) is 1. The van der Waals surface area contributed by atoms with E-state index in [0.717, 1.165) is 12.1 Å². The molecule has 1 aliphatic heterocycles. The number of halogens is 3. The second-order valence-corrected chi connectivity index (χ2v) is 7.25. The van der Waals surface area contributed by atoms with E-state index in [9.17, 15) is 27.6 Å². The van der Waals surface area contributed by atoms with Gasteiger partial charge >= 0.3 is 18.1 Å². The number of aromatic carboxylic acids is 1. The summed E-state index contributed by atoms with van der Waals surface area (Å²) in [7, 11) is 1.23. The summed E-state index contributed by atoms with van der Waals surface area (Å²) in [6.45, 7) is 0. The van der Waals surface area contributed by atoms with E-state index < -0.39 is 35.3 Å². The van der Waals surface area contributed by atoms with Crippen molar-refractivity contribution < 1.29 is 41.8 Å². The number of carbonyl (C=O) groups is 3. The van der Waals surface area contributed by atoms with Gasteiger partial charge in [-0.2, -0.15) is 23.3 Å². The molecule has 0 bridgehead atoms. The van der Waals surface area contributed by atoms with Crippen molar-refractivity contribution in [1.82, 2.24) is 0 Å². The summed E-state index contributed by atoms with van der Waals surface area (Å²) in [6.07, 6.45) is -4.06. The van der Waals surface area contributed by atoms with Gasteiger partial charge in [-0.05, 0) is 48.5 Å². The molecule has 2 aromatic carbocycles. The predicted molar refractivity (Wildman–Crippen MR) is 118 cm³/mol. The third-order valence-corrected chi connectivity index (χ3v) is 4.97. The number of carboxylic acids is 1. The van der Waals surface area contributed by atoms with E-state index in [4.69, 9.17) is 9.52 Å². The van der Waals surface area contributed by atoms with Crippen molar-refractivity contribution in [2.75, 3.05) is 12.1 Å². The first kappa shape index (κ1) is 23.5. The molecule has 0 saturated carbocycles. The van der Waals surface area contributed by atoms with Gasteiger partial charge in [0.15, 0.2) is 5.71 Å². The standard InChI is InChI=1S/C24H15F3N2O6/c1-34-23(33)15-6-2-4-13(10-15)19-9-8-17(35-19)12-18-20(24(25,26)27)28-29(21(18)30)16-7-3-5-14(11-16)22(31)32/h2-12H,1H3,(H,31,32)/b18-12-. The highest BCUT2D eigenvalue weighted by Crippen LogP contribution is 2.34. The van der Waals surface area contributed by atoms with Crippen LogP contribution in [-0.2, 0) is 9.53 Å². The molecule has 0 aliphatic carbocycles. The maximum Gasteiger partial charge on any atom is 0.435 e. The molecule has 2 heterocycles. The molecule has 11 heteroatoms. The zero-order valence-electron chi connectivity index (χ0n) is 17.9. The summed E-state index contributed by atoms with van der Waals surface area (Å²) < 4.78 is 51.3. The molecule has 0 fully saturated rings. The molecule has 0 unspecified atom stereocenters. The Morgan fingerprint density at radius 3 is 2.46 bits per heavy atom. The lowest BCUT2D eigenvalue weighted by Crippen LogP contribution is -2.25. The van der Waals surface area contributed by atoms with E-state index in [2.05, 4.69) is 9.84 Å². The molecule has 3 aromatic rings. The molecular formula is C24H15F3N2O6. The average Bonchev–Trinajstić information content (AvgIpc) is 3.44. The van der Waals surface area contributed by atoms with Gasteiger partial charge in [-0.3, -0.25) is 4.79 Å². The number of alkyl halides is 3. The van der Waals surface area contributed by atoms with E-state index in [-0.39, 0.29) is 28.3 Å². The number of amides is 1. The lowest BCUT2D eigenvalue weighted by molar-refractivity contribution is -0.114. The van der Waals surface area contributed by atoms with Crippen LogP contribution in [0.5, 0.6) is 0 Å². The highest BCUT2D eigenvalue weighted by Gasteiger charge is 2.47. The van der Waals surface area contributed by atoms with E-state index in [0.29, 0.717) is 10.6 Å². The number of ether oxygens (including phenoxy) is 1. The molecule has 1 aromatic heterocycles. The third-order valence-electron chi connectivity index (χ3n) is 4.97. The van der Waals surface area contributed by atoms with Crippen molar-refractivity contribution in [1.29, 1.82) is 0 Å². The molecule has 178 valence electrons. The fourth-order valence-electron chi connectivity index (χ4n) is 3.34. The molecule has 35 heavy (non-hydrogen) atoms. The maximum atomic E-state index is 13.7. The molecule has 8 nitrogen and oxygen atoms in total. The predicted octanol–water partition coefficient (Wildman–Crippen LogP) is 4.78. The second-order valence-electron chi connectivity index (χ2n) is 7.25. The molecule has 1 N–H and O–H groups in total. The van der Waals surface area contributed by atoms with Crippen molar-refractivity contribution in [2.24, 2.45) is 5.10 Å². The molecular weight excluding hydrogens is 469 g/mol. The van der Waals surface area contributed by atoms with Gasteiger partial charge < -0.3 is 14.3 Å². The molecule has 0 atom stereocenters. The summed E-state index contributed by atoms with van der Waals surface area (Å²) in [4.78, 5) is 35.8. The fourth-order valence-corrected chi connectivity index (χ4v) is 3.34. The average molecular weight is 484 g/mol. The van der Waals surface area contributed by atoms with E-state index in [1.54, 1.807) is 12.1 Å². The van der Waals surface area contributed by atoms with Crippen LogP contribution in [0, 0.1) is 0 Å². The third kappa shape index (κ3) is 4.69. The minimum absolute atomic E-state index is 0.0649. The van der Waals surface area contributed by atoms with Crippen molar-refractivity contribution in [3.8, 4) is 11.3 Å². The first-order valence-corrected chi connectivity index (χ1v) is 9.93. The topological polar surface area (TPSA) is 109 Å². The molecule has 4 rings (SSSR count). The van der Waals surface area contributed by atoms with Crippen molar-refractivity contribution >= 4 is 35.3 Å². The zero-order chi connectivity index (χ0) is 25.3. The summed E-state index contributed by atoms with van der Waals surface area (Å²) in [6, 6.07) is 13.9. The first-order valence-electron chi connectivity index (χ1n) is 9.93. The Hall–Kier alpha value is -4.67. The van der Waals surface area contributed by atoms with Gasteiger partial charge in [0, 0.05) is 5.56 Å². The number of anilines is 1. The van der Waals surface area contributed by atoms with E-state index in [1.807, 2.05) is 0 Å². The Kier molecular flexibility index (Phi) is 6.00. The van der Waals surface area contributed by atoms with Gasteiger partial charge in [0.1, 0.15) is 11.5 Å². The number of rotatable bonds is 5. The van der Waals surface area contributed by atoms with Gasteiger partial charge in [-0.15, -0.1) is 0 Å². The van der Waals surface area contributed by atoms with Gasteiger partial charge in [0.2, 0.25) is 0 Å². The summed E-state index contributed by atoms with van der Waals surface area (Å²) in [5.74, 6) is -2.82. The van der Waals surface area contributed by atoms with Crippen molar-refractivity contribution in [3.05, 3.63) is 83.1 Å². The molecule has 0 spiro atoms. The summed E-state index contributed by atoms with van der Waals surface area (Å²) >= 11 is 0. The highest BCUT2D eigenvalue weighted by molar-refractivity contribution is 6.34. The lowest BCUT2D eigenvalue weighted by atomic mass is 10.1. The van der Waals surface area contributed by atoms with Gasteiger partial charge in [-0.1, -0.05) is 18.2 Å². The number of nitrogens with zero attached hydrogens (tertiary/aromatic N) is 2. The van der Waals surface area contributed by atoms with Crippen LogP contribution in [-0.4, -0.2) is 42.0 Å². The molecule has 1 amide bonds. The van der Waals surface area contributed by atoms with Crippen LogP contribution in [0.1, 0.15) is 26.5 Å². The number of carbonyl (C=O) groups excluding carboxylic acids is 2. The fraction of sp³-hybridized carbons (Fsp3) is 0.0833. The van der Waals surface area contributed by atoms with Crippen LogP contribution in [0.15, 0.2) is 75.8 Å². The number of hydrazone groups is 1. The van der Waals surface area contributed by atoms with Crippen LogP contribution < -0.4 is 5.01 Å². The number of furan rings is 1.